The number of esters is 1. The molecule has 0 aromatic rings. The number of carboxylic acid groups (broad SMARTS) is 1. The Hall–Kier alpha value is -1.22. The Morgan fingerprint density at radius 2 is 1.61 bits per heavy atom. The van der Waals surface area contributed by atoms with Crippen LogP contribution in [0.15, 0.2) is 0 Å². The molecule has 1 heterocycles. The fraction of sp³-hybridized carbons (Fsp3) is 0.867. The van der Waals surface area contributed by atoms with Crippen LogP contribution < -0.4 is 0 Å². The number of carbonyl (C=O) groups is 2. The molecular formula is C15H26O8. The second kappa shape index (κ2) is 9.17. The van der Waals surface area contributed by atoms with Crippen LogP contribution >= 0.6 is 0 Å². The van der Waals surface area contributed by atoms with Crippen molar-refractivity contribution >= 4 is 11.9 Å². The lowest BCUT2D eigenvalue weighted by atomic mass is 9.99. The summed E-state index contributed by atoms with van der Waals surface area (Å²) in [5.41, 5.74) is 0. The van der Waals surface area contributed by atoms with Crippen LogP contribution in [0.3, 0.4) is 0 Å². The smallest absolute Gasteiger partial charge is 0.308 e. The van der Waals surface area contributed by atoms with Gasteiger partial charge in [-0.15, -0.1) is 0 Å². The van der Waals surface area contributed by atoms with Gasteiger partial charge in [-0.2, -0.15) is 0 Å². The second-order valence-electron chi connectivity index (χ2n) is 5.71. The third-order valence-corrected chi connectivity index (χ3v) is 3.83. The topological polar surface area (TPSA) is 101 Å². The normalized spacial score (nSPS) is 32.3. The molecule has 0 spiro atoms. The zero-order valence-corrected chi connectivity index (χ0v) is 14.2. The van der Waals surface area contributed by atoms with Gasteiger partial charge in [-0.25, -0.2) is 0 Å². The number of carboxylic acids is 1. The monoisotopic (exact) mass is 334 g/mol. The third-order valence-electron chi connectivity index (χ3n) is 3.83. The molecule has 1 aliphatic heterocycles. The van der Waals surface area contributed by atoms with Gasteiger partial charge in [0.25, 0.3) is 0 Å². The van der Waals surface area contributed by atoms with Crippen molar-refractivity contribution in [3.8, 4) is 0 Å². The molecule has 0 aromatic carbocycles. The fourth-order valence-corrected chi connectivity index (χ4v) is 2.74. The summed E-state index contributed by atoms with van der Waals surface area (Å²) in [7, 11) is 4.54. The summed E-state index contributed by atoms with van der Waals surface area (Å²) in [6, 6.07) is 0. The number of aliphatic carboxylic acids is 1. The van der Waals surface area contributed by atoms with Gasteiger partial charge in [-0.05, 0) is 12.8 Å². The summed E-state index contributed by atoms with van der Waals surface area (Å²) >= 11 is 0. The van der Waals surface area contributed by atoms with Crippen LogP contribution in [0, 0.1) is 5.92 Å². The van der Waals surface area contributed by atoms with Crippen molar-refractivity contribution < 1.29 is 38.4 Å². The van der Waals surface area contributed by atoms with E-state index in [9.17, 15) is 9.59 Å². The van der Waals surface area contributed by atoms with Crippen LogP contribution in [0.4, 0.5) is 0 Å². The number of hydrogen-bond donors (Lipinski definition) is 1. The Morgan fingerprint density at radius 3 is 2.09 bits per heavy atom. The standard InChI is InChI=1S/C15H26O8/c1-8(6-10(16)17)7-11(18)23-15-14(21-5)13(20-4)12(19-3)9(2)22-15/h8-9,12-15H,6-7H2,1-5H3,(H,16,17)/t8-,9-,12-,13+,14+,15-/m0/s1. The van der Waals surface area contributed by atoms with Crippen LogP contribution in [0.5, 0.6) is 0 Å². The van der Waals surface area contributed by atoms with Crippen LogP contribution in [-0.2, 0) is 33.3 Å². The van der Waals surface area contributed by atoms with E-state index in [0.29, 0.717) is 0 Å². The highest BCUT2D eigenvalue weighted by molar-refractivity contribution is 5.72. The predicted octanol–water partition coefficient (Wildman–Crippen LogP) is 0.820. The van der Waals surface area contributed by atoms with Gasteiger partial charge in [0.05, 0.1) is 6.10 Å². The van der Waals surface area contributed by atoms with Crippen molar-refractivity contribution in [1.82, 2.24) is 0 Å². The Bertz CT molecular complexity index is 399. The van der Waals surface area contributed by atoms with E-state index in [4.69, 9.17) is 28.8 Å². The zero-order chi connectivity index (χ0) is 17.6. The van der Waals surface area contributed by atoms with E-state index >= 15 is 0 Å². The Labute approximate surface area is 136 Å². The Kier molecular flexibility index (Phi) is 7.90. The lowest BCUT2D eigenvalue weighted by molar-refractivity contribution is -0.297. The van der Waals surface area contributed by atoms with E-state index in [1.165, 1.54) is 14.2 Å². The van der Waals surface area contributed by atoms with Gasteiger partial charge in [0.15, 0.2) is 0 Å². The molecule has 0 bridgehead atoms. The van der Waals surface area contributed by atoms with Crippen molar-refractivity contribution in [2.75, 3.05) is 21.3 Å². The summed E-state index contributed by atoms with van der Waals surface area (Å²) in [4.78, 5) is 22.6. The first kappa shape index (κ1) is 19.8. The van der Waals surface area contributed by atoms with Crippen molar-refractivity contribution in [1.29, 1.82) is 0 Å². The Morgan fingerprint density at radius 1 is 1.04 bits per heavy atom. The highest BCUT2D eigenvalue weighted by Crippen LogP contribution is 2.28. The molecule has 0 saturated carbocycles. The summed E-state index contributed by atoms with van der Waals surface area (Å²) < 4.78 is 27.1. The van der Waals surface area contributed by atoms with Gasteiger partial charge in [-0.1, -0.05) is 6.92 Å². The number of hydrogen-bond acceptors (Lipinski definition) is 7. The summed E-state index contributed by atoms with van der Waals surface area (Å²) in [5, 5.41) is 8.73. The maximum absolute atomic E-state index is 12.0. The van der Waals surface area contributed by atoms with E-state index in [-0.39, 0.29) is 31.0 Å². The third kappa shape index (κ3) is 5.42. The average molecular weight is 334 g/mol. The van der Waals surface area contributed by atoms with Crippen molar-refractivity contribution in [2.45, 2.75) is 57.4 Å². The quantitative estimate of drug-likeness (QED) is 0.651. The molecule has 0 unspecified atom stereocenters. The molecule has 0 amide bonds. The van der Waals surface area contributed by atoms with Gasteiger partial charge < -0.3 is 28.8 Å². The largest absolute Gasteiger partial charge is 0.481 e. The molecule has 1 N–H and O–H groups in total. The van der Waals surface area contributed by atoms with E-state index in [2.05, 4.69) is 0 Å². The van der Waals surface area contributed by atoms with Gasteiger partial charge in [0, 0.05) is 34.2 Å². The number of rotatable bonds is 8. The molecular weight excluding hydrogens is 308 g/mol. The van der Waals surface area contributed by atoms with Crippen molar-refractivity contribution in [2.24, 2.45) is 5.92 Å². The van der Waals surface area contributed by atoms with Crippen LogP contribution in [-0.4, -0.2) is 69.1 Å². The van der Waals surface area contributed by atoms with Gasteiger partial charge in [0.2, 0.25) is 6.29 Å². The molecule has 1 rings (SSSR count). The van der Waals surface area contributed by atoms with Crippen LogP contribution in [0.25, 0.3) is 0 Å². The highest BCUT2D eigenvalue weighted by atomic mass is 16.7. The SMILES string of the molecule is CO[C@@H]1[C@@H](OC)[C@H](C)O[C@@H](OC(=O)C[C@@H](C)CC(=O)O)[C@@H]1OC. The number of methoxy groups -OCH3 is 3. The summed E-state index contributed by atoms with van der Waals surface area (Å²) in [5.74, 6) is -1.82. The minimum Gasteiger partial charge on any atom is -0.481 e. The molecule has 0 aromatic heterocycles. The maximum atomic E-state index is 12.0. The molecule has 0 aliphatic carbocycles. The summed E-state index contributed by atoms with van der Waals surface area (Å²) in [6.07, 6.45) is -2.85. The molecule has 1 fully saturated rings. The predicted molar refractivity (Wildman–Crippen MR) is 78.9 cm³/mol. The van der Waals surface area contributed by atoms with Gasteiger partial charge in [0.1, 0.15) is 18.3 Å². The molecule has 0 radical (unpaired) electrons. The molecule has 1 aliphatic rings. The first-order valence-electron chi connectivity index (χ1n) is 7.49. The summed E-state index contributed by atoms with van der Waals surface area (Å²) in [6.45, 7) is 3.46. The van der Waals surface area contributed by atoms with Crippen LogP contribution in [0.2, 0.25) is 0 Å². The van der Waals surface area contributed by atoms with E-state index in [1.54, 1.807) is 21.0 Å². The van der Waals surface area contributed by atoms with Crippen molar-refractivity contribution in [3.63, 3.8) is 0 Å². The minimum atomic E-state index is -0.954. The molecule has 8 heteroatoms. The molecule has 23 heavy (non-hydrogen) atoms. The molecule has 134 valence electrons. The highest BCUT2D eigenvalue weighted by Gasteiger charge is 2.47. The zero-order valence-electron chi connectivity index (χ0n) is 14.2. The lowest BCUT2D eigenvalue weighted by Gasteiger charge is -2.43. The fourth-order valence-electron chi connectivity index (χ4n) is 2.74. The first-order chi connectivity index (χ1) is 10.8. The average Bonchev–Trinajstić information content (AvgIpc) is 2.45. The maximum Gasteiger partial charge on any atom is 0.308 e. The lowest BCUT2D eigenvalue weighted by Crippen LogP contribution is -2.59. The number of carbonyl (C=O) groups excluding carboxylic acids is 1. The van der Waals surface area contributed by atoms with E-state index < -0.39 is 30.4 Å². The molecule has 6 atom stereocenters. The van der Waals surface area contributed by atoms with E-state index in [1.807, 2.05) is 0 Å². The van der Waals surface area contributed by atoms with Crippen molar-refractivity contribution in [3.05, 3.63) is 0 Å². The minimum absolute atomic E-state index is 0.0116. The molecule has 8 nitrogen and oxygen atoms in total. The van der Waals surface area contributed by atoms with Crippen LogP contribution in [0.1, 0.15) is 26.7 Å². The van der Waals surface area contributed by atoms with Gasteiger partial charge >= 0.3 is 11.9 Å². The first-order valence-corrected chi connectivity index (χ1v) is 7.49. The number of ether oxygens (including phenoxy) is 5. The van der Waals surface area contributed by atoms with E-state index in [0.717, 1.165) is 0 Å². The van der Waals surface area contributed by atoms with Gasteiger partial charge in [-0.3, -0.25) is 9.59 Å². The second-order valence-corrected chi connectivity index (χ2v) is 5.71. The molecule has 1 saturated heterocycles. The Balaban J connectivity index is 2.70.